The Bertz CT molecular complexity index is 433. The number of hydrogen-bond donors (Lipinski definition) is 1. The van der Waals surface area contributed by atoms with Crippen molar-refractivity contribution in [2.24, 2.45) is 0 Å². The molecule has 1 atom stereocenters. The monoisotopic (exact) mass is 293 g/mol. The molecule has 0 bridgehead atoms. The first kappa shape index (κ1) is 17.4. The first-order chi connectivity index (χ1) is 10.1. The maximum atomic E-state index is 11.7. The van der Waals surface area contributed by atoms with Gasteiger partial charge in [-0.2, -0.15) is 0 Å². The summed E-state index contributed by atoms with van der Waals surface area (Å²) < 4.78 is 4.77. The number of nitrogens with one attached hydrogen (secondary N) is 1. The molecule has 118 valence electrons. The molecule has 1 aromatic heterocycles. The molecule has 1 heterocycles. The zero-order valence-corrected chi connectivity index (χ0v) is 13.6. The zero-order chi connectivity index (χ0) is 15.7. The Balaban J connectivity index is 2.51. The first-order valence-electron chi connectivity index (χ1n) is 7.64. The Labute approximate surface area is 127 Å². The van der Waals surface area contributed by atoms with E-state index >= 15 is 0 Å². The van der Waals surface area contributed by atoms with E-state index in [9.17, 15) is 4.79 Å². The van der Waals surface area contributed by atoms with Gasteiger partial charge < -0.3 is 15.0 Å². The van der Waals surface area contributed by atoms with Gasteiger partial charge in [0.05, 0.1) is 7.11 Å². The maximum Gasteiger partial charge on any atom is 0.341 e. The van der Waals surface area contributed by atoms with Crippen molar-refractivity contribution < 1.29 is 9.53 Å². The van der Waals surface area contributed by atoms with Gasteiger partial charge in [0, 0.05) is 12.2 Å². The molecule has 1 N–H and O–H groups in total. The molecule has 0 saturated heterocycles. The second-order valence-electron chi connectivity index (χ2n) is 5.11. The number of anilines is 1. The van der Waals surface area contributed by atoms with Crippen molar-refractivity contribution in [3.05, 3.63) is 23.9 Å². The smallest absolute Gasteiger partial charge is 0.341 e. The summed E-state index contributed by atoms with van der Waals surface area (Å²) in [6.07, 6.45) is 3.83. The minimum atomic E-state index is -0.360. The van der Waals surface area contributed by atoms with Crippen molar-refractivity contribution in [2.45, 2.75) is 39.7 Å². The lowest BCUT2D eigenvalue weighted by molar-refractivity contribution is 0.0601. The van der Waals surface area contributed by atoms with Crippen molar-refractivity contribution in [3.8, 4) is 0 Å². The SMILES string of the molecule is CCN(CC)CCCC(C)Nc1ncccc1C(=O)OC. The normalized spacial score (nSPS) is 12.2. The van der Waals surface area contributed by atoms with E-state index in [0.717, 1.165) is 32.5 Å². The number of aromatic nitrogens is 1. The van der Waals surface area contributed by atoms with Crippen LogP contribution in [0.3, 0.4) is 0 Å². The molecule has 0 aromatic carbocycles. The molecule has 0 spiro atoms. The number of carbonyl (C=O) groups excluding carboxylic acids is 1. The number of hydrogen-bond acceptors (Lipinski definition) is 5. The lowest BCUT2D eigenvalue weighted by atomic mass is 10.1. The molecule has 5 nitrogen and oxygen atoms in total. The van der Waals surface area contributed by atoms with E-state index in [0.29, 0.717) is 11.4 Å². The Morgan fingerprint density at radius 3 is 2.76 bits per heavy atom. The van der Waals surface area contributed by atoms with E-state index in [1.165, 1.54) is 7.11 Å². The van der Waals surface area contributed by atoms with Gasteiger partial charge in [-0.3, -0.25) is 0 Å². The number of rotatable bonds is 9. The van der Waals surface area contributed by atoms with Crippen LogP contribution in [0.15, 0.2) is 18.3 Å². The highest BCUT2D eigenvalue weighted by atomic mass is 16.5. The highest BCUT2D eigenvalue weighted by molar-refractivity contribution is 5.94. The van der Waals surface area contributed by atoms with Crippen LogP contribution in [0.4, 0.5) is 5.82 Å². The van der Waals surface area contributed by atoms with Crippen molar-refractivity contribution in [1.82, 2.24) is 9.88 Å². The minimum Gasteiger partial charge on any atom is -0.465 e. The van der Waals surface area contributed by atoms with Crippen molar-refractivity contribution in [2.75, 3.05) is 32.1 Å². The number of carbonyl (C=O) groups is 1. The van der Waals surface area contributed by atoms with Gasteiger partial charge in [-0.25, -0.2) is 9.78 Å². The standard InChI is InChI=1S/C16H27N3O2/c1-5-19(6-2)12-8-9-13(3)18-15-14(16(20)21-4)10-7-11-17-15/h7,10-11,13H,5-6,8-9,12H2,1-4H3,(H,17,18). The van der Waals surface area contributed by atoms with Crippen LogP contribution in [0.2, 0.25) is 0 Å². The molecule has 1 aromatic rings. The van der Waals surface area contributed by atoms with Crippen molar-refractivity contribution in [3.63, 3.8) is 0 Å². The topological polar surface area (TPSA) is 54.5 Å². The van der Waals surface area contributed by atoms with Crippen LogP contribution in [0.5, 0.6) is 0 Å². The zero-order valence-electron chi connectivity index (χ0n) is 13.6. The van der Waals surface area contributed by atoms with Gasteiger partial charge in [-0.05, 0) is 51.5 Å². The van der Waals surface area contributed by atoms with Gasteiger partial charge >= 0.3 is 5.97 Å². The van der Waals surface area contributed by atoms with Crippen LogP contribution in [0, 0.1) is 0 Å². The summed E-state index contributed by atoms with van der Waals surface area (Å²) in [7, 11) is 1.38. The van der Waals surface area contributed by atoms with E-state index in [1.807, 2.05) is 0 Å². The molecule has 0 radical (unpaired) electrons. The van der Waals surface area contributed by atoms with Crippen LogP contribution in [-0.4, -0.2) is 48.6 Å². The molecule has 0 aliphatic carbocycles. The van der Waals surface area contributed by atoms with Gasteiger partial charge in [0.2, 0.25) is 0 Å². The van der Waals surface area contributed by atoms with E-state index in [-0.39, 0.29) is 12.0 Å². The lowest BCUT2D eigenvalue weighted by Crippen LogP contribution is -2.26. The predicted molar refractivity (Wildman–Crippen MR) is 85.7 cm³/mol. The molecule has 0 amide bonds. The van der Waals surface area contributed by atoms with Crippen molar-refractivity contribution >= 4 is 11.8 Å². The Morgan fingerprint density at radius 1 is 1.43 bits per heavy atom. The van der Waals surface area contributed by atoms with E-state index in [1.54, 1.807) is 18.3 Å². The summed E-state index contributed by atoms with van der Waals surface area (Å²) in [6.45, 7) is 9.75. The lowest BCUT2D eigenvalue weighted by Gasteiger charge is -2.20. The number of esters is 1. The van der Waals surface area contributed by atoms with Crippen LogP contribution in [0.1, 0.15) is 44.0 Å². The van der Waals surface area contributed by atoms with Crippen LogP contribution in [0.25, 0.3) is 0 Å². The molecule has 1 unspecified atom stereocenters. The second kappa shape index (κ2) is 9.34. The Kier molecular flexibility index (Phi) is 7.75. The third kappa shape index (κ3) is 5.71. The third-order valence-electron chi connectivity index (χ3n) is 3.60. The number of pyridine rings is 1. The summed E-state index contributed by atoms with van der Waals surface area (Å²) in [5.74, 6) is 0.237. The fraction of sp³-hybridized carbons (Fsp3) is 0.625. The molecule has 0 fully saturated rings. The molecule has 0 saturated carbocycles. The summed E-state index contributed by atoms with van der Waals surface area (Å²) >= 11 is 0. The van der Waals surface area contributed by atoms with E-state index in [2.05, 4.69) is 36.0 Å². The van der Waals surface area contributed by atoms with Gasteiger partial charge in [-0.1, -0.05) is 13.8 Å². The van der Waals surface area contributed by atoms with Crippen LogP contribution in [-0.2, 0) is 4.74 Å². The second-order valence-corrected chi connectivity index (χ2v) is 5.11. The summed E-state index contributed by atoms with van der Waals surface area (Å²) in [5.41, 5.74) is 0.482. The number of ether oxygens (including phenoxy) is 1. The Hall–Kier alpha value is -1.62. The molecular weight excluding hydrogens is 266 g/mol. The van der Waals surface area contributed by atoms with E-state index < -0.39 is 0 Å². The molecule has 0 aliphatic rings. The summed E-state index contributed by atoms with van der Waals surface area (Å²) in [4.78, 5) is 18.3. The first-order valence-corrected chi connectivity index (χ1v) is 7.64. The maximum absolute atomic E-state index is 11.7. The molecule has 5 heteroatoms. The summed E-state index contributed by atoms with van der Waals surface area (Å²) in [5, 5.41) is 3.31. The van der Waals surface area contributed by atoms with Crippen LogP contribution < -0.4 is 5.32 Å². The number of nitrogens with zero attached hydrogens (tertiary/aromatic N) is 2. The molecule has 0 aliphatic heterocycles. The van der Waals surface area contributed by atoms with Crippen LogP contribution >= 0.6 is 0 Å². The largest absolute Gasteiger partial charge is 0.465 e. The van der Waals surface area contributed by atoms with Crippen molar-refractivity contribution in [1.29, 1.82) is 0 Å². The Morgan fingerprint density at radius 2 is 2.14 bits per heavy atom. The van der Waals surface area contributed by atoms with Gasteiger partial charge in [0.1, 0.15) is 11.4 Å². The summed E-state index contributed by atoms with van der Waals surface area (Å²) in [6, 6.07) is 3.73. The number of methoxy groups -OCH3 is 1. The highest BCUT2D eigenvalue weighted by Gasteiger charge is 2.14. The van der Waals surface area contributed by atoms with E-state index in [4.69, 9.17) is 4.74 Å². The molecular formula is C16H27N3O2. The third-order valence-corrected chi connectivity index (χ3v) is 3.60. The predicted octanol–water partition coefficient (Wildman–Crippen LogP) is 2.79. The quantitative estimate of drug-likeness (QED) is 0.710. The van der Waals surface area contributed by atoms with Gasteiger partial charge in [0.15, 0.2) is 0 Å². The highest BCUT2D eigenvalue weighted by Crippen LogP contribution is 2.15. The van der Waals surface area contributed by atoms with Gasteiger partial charge in [-0.15, -0.1) is 0 Å². The fourth-order valence-electron chi connectivity index (χ4n) is 2.26. The molecule has 21 heavy (non-hydrogen) atoms. The fourth-order valence-corrected chi connectivity index (χ4v) is 2.26. The average Bonchev–Trinajstić information content (AvgIpc) is 2.51. The minimum absolute atomic E-state index is 0.263. The average molecular weight is 293 g/mol. The van der Waals surface area contributed by atoms with Gasteiger partial charge in [0.25, 0.3) is 0 Å². The molecule has 1 rings (SSSR count).